The van der Waals surface area contributed by atoms with Crippen LogP contribution in [0.5, 0.6) is 5.75 Å². The van der Waals surface area contributed by atoms with Gasteiger partial charge in [-0.3, -0.25) is 0 Å². The van der Waals surface area contributed by atoms with Crippen molar-refractivity contribution in [2.45, 2.75) is 6.61 Å². The first-order valence-corrected chi connectivity index (χ1v) is 11.7. The van der Waals surface area contributed by atoms with E-state index in [9.17, 15) is 4.79 Å². The van der Waals surface area contributed by atoms with Crippen LogP contribution in [0.2, 0.25) is 0 Å². The van der Waals surface area contributed by atoms with Gasteiger partial charge in [0.1, 0.15) is 12.4 Å². The molecule has 0 bridgehead atoms. The third-order valence-electron chi connectivity index (χ3n) is 3.95. The van der Waals surface area contributed by atoms with Crippen LogP contribution in [-0.4, -0.2) is 11.9 Å². The maximum absolute atomic E-state index is 12.1. The zero-order chi connectivity index (χ0) is 20.4. The van der Waals surface area contributed by atoms with Crippen molar-refractivity contribution in [3.05, 3.63) is 88.1 Å². The molecule has 5 nitrogen and oxygen atoms in total. The van der Waals surface area contributed by atoms with Crippen LogP contribution in [0, 0.1) is 10.7 Å². The fraction of sp³-hybridized carbons (Fsp3) is 0.0476. The van der Waals surface area contributed by atoms with Crippen molar-refractivity contribution in [3.63, 3.8) is 0 Å². The van der Waals surface area contributed by atoms with Gasteiger partial charge in [-0.05, 0) is 121 Å². The van der Waals surface area contributed by atoms with Crippen LogP contribution in [0.4, 0.5) is 0 Å². The number of carbonyl (C=O) groups is 1. The summed E-state index contributed by atoms with van der Waals surface area (Å²) in [5, 5.41) is 0. The SMILES string of the molecule is O=C1OC(c2ccco2)=N/C1=C\c1cc(I)c(OCc2cccc(I)c2)c(I)c1. The lowest BCUT2D eigenvalue weighted by atomic mass is 10.2. The normalized spacial score (nSPS) is 14.8. The van der Waals surface area contributed by atoms with Crippen molar-refractivity contribution < 1.29 is 18.7 Å². The summed E-state index contributed by atoms with van der Waals surface area (Å²) in [7, 11) is 0. The lowest BCUT2D eigenvalue weighted by Crippen LogP contribution is -2.04. The largest absolute Gasteiger partial charge is 0.487 e. The molecule has 0 spiro atoms. The second-order valence-corrected chi connectivity index (χ2v) is 9.62. The summed E-state index contributed by atoms with van der Waals surface area (Å²) >= 11 is 6.76. The second-order valence-electron chi connectivity index (χ2n) is 6.05. The zero-order valence-corrected chi connectivity index (χ0v) is 21.2. The molecule has 0 fully saturated rings. The van der Waals surface area contributed by atoms with Crippen LogP contribution in [-0.2, 0) is 16.1 Å². The molecule has 0 atom stereocenters. The second kappa shape index (κ2) is 9.16. The van der Waals surface area contributed by atoms with Crippen LogP contribution >= 0.6 is 67.8 Å². The Balaban J connectivity index is 1.55. The molecule has 0 N–H and O–H groups in total. The van der Waals surface area contributed by atoms with Gasteiger partial charge in [-0.15, -0.1) is 0 Å². The molecule has 1 aliphatic heterocycles. The smallest absolute Gasteiger partial charge is 0.363 e. The average molecular weight is 723 g/mol. The number of cyclic esters (lactones) is 1. The van der Waals surface area contributed by atoms with E-state index in [4.69, 9.17) is 13.9 Å². The predicted octanol–water partition coefficient (Wildman–Crippen LogP) is 6.02. The quantitative estimate of drug-likeness (QED) is 0.184. The first-order valence-electron chi connectivity index (χ1n) is 8.42. The Labute approximate surface area is 208 Å². The van der Waals surface area contributed by atoms with Gasteiger partial charge in [-0.25, -0.2) is 9.79 Å². The molecule has 2 aromatic carbocycles. The third kappa shape index (κ3) is 5.02. The molecule has 0 radical (unpaired) electrons. The minimum atomic E-state index is -0.500. The van der Waals surface area contributed by atoms with Crippen molar-refractivity contribution in [2.24, 2.45) is 4.99 Å². The van der Waals surface area contributed by atoms with Gasteiger partial charge in [0.15, 0.2) is 11.5 Å². The van der Waals surface area contributed by atoms with E-state index in [1.807, 2.05) is 30.3 Å². The van der Waals surface area contributed by atoms with E-state index >= 15 is 0 Å². The van der Waals surface area contributed by atoms with Gasteiger partial charge in [-0.1, -0.05) is 12.1 Å². The summed E-state index contributed by atoms with van der Waals surface area (Å²) in [6.07, 6.45) is 3.21. The van der Waals surface area contributed by atoms with E-state index in [2.05, 4.69) is 78.8 Å². The topological polar surface area (TPSA) is 61.0 Å². The Hall–Kier alpha value is -1.41. The Morgan fingerprint density at radius 2 is 1.83 bits per heavy atom. The summed E-state index contributed by atoms with van der Waals surface area (Å²) in [6.45, 7) is 0.492. The van der Waals surface area contributed by atoms with E-state index in [1.54, 1.807) is 18.2 Å². The van der Waals surface area contributed by atoms with Crippen molar-refractivity contribution in [3.8, 4) is 5.75 Å². The summed E-state index contributed by atoms with van der Waals surface area (Å²) in [4.78, 5) is 16.4. The van der Waals surface area contributed by atoms with Crippen molar-refractivity contribution in [2.75, 3.05) is 0 Å². The number of carbonyl (C=O) groups excluding carboxylic acids is 1. The van der Waals surface area contributed by atoms with E-state index in [0.717, 1.165) is 24.0 Å². The number of aliphatic imine (C=N–C) groups is 1. The first kappa shape index (κ1) is 20.8. The highest BCUT2D eigenvalue weighted by atomic mass is 127. The summed E-state index contributed by atoms with van der Waals surface area (Å²) in [5.74, 6) is 0.916. The molecule has 0 saturated carbocycles. The van der Waals surface area contributed by atoms with E-state index in [1.165, 1.54) is 9.83 Å². The van der Waals surface area contributed by atoms with Crippen molar-refractivity contribution in [1.29, 1.82) is 0 Å². The molecule has 1 aromatic heterocycles. The van der Waals surface area contributed by atoms with Crippen molar-refractivity contribution >= 4 is 85.7 Å². The lowest BCUT2D eigenvalue weighted by molar-refractivity contribution is -0.130. The Kier molecular flexibility index (Phi) is 6.59. The number of rotatable bonds is 5. The van der Waals surface area contributed by atoms with Crippen LogP contribution in [0.15, 0.2) is 69.9 Å². The molecule has 0 aliphatic carbocycles. The number of hydrogen-bond donors (Lipinski definition) is 0. The molecule has 0 saturated heterocycles. The lowest BCUT2D eigenvalue weighted by Gasteiger charge is -2.12. The Bertz CT molecular complexity index is 1110. The number of hydrogen-bond acceptors (Lipinski definition) is 5. The molecule has 4 rings (SSSR count). The number of ether oxygens (including phenoxy) is 2. The molecule has 2 heterocycles. The number of halogens is 3. The number of benzene rings is 2. The van der Waals surface area contributed by atoms with Gasteiger partial charge in [-0.2, -0.15) is 0 Å². The highest BCUT2D eigenvalue weighted by Crippen LogP contribution is 2.31. The molecular weight excluding hydrogens is 711 g/mol. The molecule has 3 aromatic rings. The molecule has 0 unspecified atom stereocenters. The average Bonchev–Trinajstić information content (AvgIpc) is 3.32. The highest BCUT2D eigenvalue weighted by molar-refractivity contribution is 14.1. The van der Waals surface area contributed by atoms with Gasteiger partial charge < -0.3 is 13.9 Å². The van der Waals surface area contributed by atoms with E-state index < -0.39 is 5.97 Å². The fourth-order valence-corrected chi connectivity index (χ4v) is 5.39. The molecular formula is C21H12I3NO4. The van der Waals surface area contributed by atoms with Gasteiger partial charge >= 0.3 is 5.97 Å². The van der Waals surface area contributed by atoms with Crippen LogP contribution in [0.1, 0.15) is 16.9 Å². The number of nitrogens with zero attached hydrogens (tertiary/aromatic N) is 1. The Morgan fingerprint density at radius 3 is 2.52 bits per heavy atom. The van der Waals surface area contributed by atoms with Crippen molar-refractivity contribution in [1.82, 2.24) is 0 Å². The summed E-state index contributed by atoms with van der Waals surface area (Å²) in [6, 6.07) is 15.5. The van der Waals surface area contributed by atoms with Crippen LogP contribution < -0.4 is 4.74 Å². The number of esters is 1. The molecule has 146 valence electrons. The van der Waals surface area contributed by atoms with Gasteiger partial charge in [0, 0.05) is 3.57 Å². The standard InChI is InChI=1S/C21H12I3NO4/c22-14-4-1-3-12(7-14)11-28-19-15(23)8-13(9-16(19)24)10-17-21(26)29-20(25-17)18-5-2-6-27-18/h1-10H,11H2/b17-10-. The third-order valence-corrected chi connectivity index (χ3v) is 6.22. The minimum absolute atomic E-state index is 0.174. The highest BCUT2D eigenvalue weighted by Gasteiger charge is 2.26. The van der Waals surface area contributed by atoms with Gasteiger partial charge in [0.2, 0.25) is 0 Å². The summed E-state index contributed by atoms with van der Waals surface area (Å²) < 4.78 is 19.6. The van der Waals surface area contributed by atoms with Gasteiger partial charge in [0.25, 0.3) is 5.90 Å². The molecule has 1 aliphatic rings. The fourth-order valence-electron chi connectivity index (χ4n) is 2.66. The minimum Gasteiger partial charge on any atom is -0.487 e. The van der Waals surface area contributed by atoms with E-state index in [-0.39, 0.29) is 11.6 Å². The van der Waals surface area contributed by atoms with Crippen LogP contribution in [0.3, 0.4) is 0 Å². The maximum atomic E-state index is 12.1. The van der Waals surface area contributed by atoms with E-state index in [0.29, 0.717) is 12.4 Å². The maximum Gasteiger partial charge on any atom is 0.363 e. The molecule has 0 amide bonds. The molecule has 29 heavy (non-hydrogen) atoms. The number of furan rings is 1. The zero-order valence-electron chi connectivity index (χ0n) is 14.7. The first-order chi connectivity index (χ1) is 14.0. The Morgan fingerprint density at radius 1 is 1.03 bits per heavy atom. The van der Waals surface area contributed by atoms with Gasteiger partial charge in [0.05, 0.1) is 13.4 Å². The van der Waals surface area contributed by atoms with Crippen LogP contribution in [0.25, 0.3) is 6.08 Å². The monoisotopic (exact) mass is 723 g/mol. The molecule has 8 heteroatoms. The predicted molar refractivity (Wildman–Crippen MR) is 135 cm³/mol. The summed E-state index contributed by atoms with van der Waals surface area (Å²) in [5.41, 5.74) is 2.19.